The van der Waals surface area contributed by atoms with Crippen LogP contribution >= 0.6 is 23.3 Å². The first kappa shape index (κ1) is 19.8. The molecule has 6 nitrogen and oxygen atoms in total. The molecule has 0 atom stereocenters. The molecule has 0 spiro atoms. The third-order valence-corrected chi connectivity index (χ3v) is 6.76. The average Bonchev–Trinajstić information content (AvgIpc) is 3.25. The quantitative estimate of drug-likeness (QED) is 0.364. The molecule has 2 heterocycles. The summed E-state index contributed by atoms with van der Waals surface area (Å²) in [4.78, 5) is 19.4. The van der Waals surface area contributed by atoms with Crippen LogP contribution in [0.3, 0.4) is 0 Å². The van der Waals surface area contributed by atoms with Gasteiger partial charge in [0.1, 0.15) is 10.7 Å². The number of rotatable bonds is 5. The van der Waals surface area contributed by atoms with Crippen molar-refractivity contribution in [2.24, 2.45) is 0 Å². The Bertz CT molecular complexity index is 971. The number of halogens is 1. The lowest BCUT2D eigenvalue weighted by Gasteiger charge is -2.33. The molecule has 1 fully saturated rings. The van der Waals surface area contributed by atoms with E-state index in [0.29, 0.717) is 4.88 Å². The summed E-state index contributed by atoms with van der Waals surface area (Å²) < 4.78 is 15.4. The molecule has 0 radical (unpaired) electrons. The van der Waals surface area contributed by atoms with E-state index in [1.165, 1.54) is 29.7 Å². The van der Waals surface area contributed by atoms with Gasteiger partial charge in [-0.2, -0.15) is 0 Å². The van der Waals surface area contributed by atoms with Gasteiger partial charge in [0.2, 0.25) is 0 Å². The SMILES string of the molecule is O=C(NO)c1cnc(N2CCN(Sc3ccc(-c4ccc(F)cc4)cc3)CC2)s1. The van der Waals surface area contributed by atoms with Crippen LogP contribution in [0.2, 0.25) is 0 Å². The number of carbonyl (C=O) groups is 1. The minimum absolute atomic E-state index is 0.231. The second kappa shape index (κ2) is 8.91. The topological polar surface area (TPSA) is 68.7 Å². The van der Waals surface area contributed by atoms with Crippen molar-refractivity contribution in [2.45, 2.75) is 4.90 Å². The molecular formula is C20H19FN4O2S2. The monoisotopic (exact) mass is 430 g/mol. The van der Waals surface area contributed by atoms with E-state index in [-0.39, 0.29) is 5.82 Å². The highest BCUT2D eigenvalue weighted by molar-refractivity contribution is 7.97. The number of amides is 1. The van der Waals surface area contributed by atoms with Gasteiger partial charge in [0.15, 0.2) is 5.13 Å². The number of aromatic nitrogens is 1. The van der Waals surface area contributed by atoms with Gasteiger partial charge in [-0.1, -0.05) is 35.6 Å². The van der Waals surface area contributed by atoms with Crippen molar-refractivity contribution in [2.75, 3.05) is 31.1 Å². The smallest absolute Gasteiger partial charge is 0.286 e. The lowest BCUT2D eigenvalue weighted by molar-refractivity contribution is 0.0710. The van der Waals surface area contributed by atoms with Crippen molar-refractivity contribution in [3.05, 3.63) is 65.4 Å². The van der Waals surface area contributed by atoms with E-state index >= 15 is 0 Å². The summed E-state index contributed by atoms with van der Waals surface area (Å²) >= 11 is 2.99. The molecule has 4 rings (SSSR count). The summed E-state index contributed by atoms with van der Waals surface area (Å²) in [6.07, 6.45) is 1.48. The Balaban J connectivity index is 1.32. The van der Waals surface area contributed by atoms with Crippen molar-refractivity contribution in [1.82, 2.24) is 14.8 Å². The molecule has 0 saturated carbocycles. The Morgan fingerprint density at radius 3 is 2.28 bits per heavy atom. The van der Waals surface area contributed by atoms with E-state index in [4.69, 9.17) is 5.21 Å². The van der Waals surface area contributed by atoms with Crippen molar-refractivity contribution in [3.8, 4) is 11.1 Å². The largest absolute Gasteiger partial charge is 0.345 e. The second-order valence-corrected chi connectivity index (χ2v) is 8.67. The van der Waals surface area contributed by atoms with Crippen LogP contribution in [0.25, 0.3) is 11.1 Å². The number of nitrogens with zero attached hydrogens (tertiary/aromatic N) is 3. The first-order valence-corrected chi connectivity index (χ1v) is 10.7. The number of hydrogen-bond acceptors (Lipinski definition) is 7. The maximum Gasteiger partial charge on any atom is 0.286 e. The lowest BCUT2D eigenvalue weighted by atomic mass is 10.1. The molecule has 29 heavy (non-hydrogen) atoms. The number of carbonyl (C=O) groups excluding carboxylic acids is 1. The molecule has 2 aromatic carbocycles. The Hall–Kier alpha value is -2.46. The maximum atomic E-state index is 13.1. The van der Waals surface area contributed by atoms with Crippen molar-refractivity contribution >= 4 is 34.3 Å². The first-order valence-electron chi connectivity index (χ1n) is 9.06. The van der Waals surface area contributed by atoms with E-state index in [2.05, 4.69) is 38.5 Å². The highest BCUT2D eigenvalue weighted by atomic mass is 32.2. The summed E-state index contributed by atoms with van der Waals surface area (Å²) in [5, 5.41) is 9.51. The molecule has 0 aliphatic carbocycles. The van der Waals surface area contributed by atoms with Gasteiger partial charge < -0.3 is 4.90 Å². The van der Waals surface area contributed by atoms with Crippen molar-refractivity contribution in [3.63, 3.8) is 0 Å². The minimum Gasteiger partial charge on any atom is -0.345 e. The van der Waals surface area contributed by atoms with E-state index in [1.54, 1.807) is 29.6 Å². The molecule has 1 aromatic heterocycles. The summed E-state index contributed by atoms with van der Waals surface area (Å²) in [6.45, 7) is 3.36. The molecular weight excluding hydrogens is 411 g/mol. The molecule has 1 amide bonds. The number of hydrogen-bond donors (Lipinski definition) is 2. The van der Waals surface area contributed by atoms with E-state index < -0.39 is 5.91 Å². The number of thiazole rings is 1. The summed E-state index contributed by atoms with van der Waals surface area (Å²) in [5.74, 6) is -0.766. The molecule has 0 bridgehead atoms. The summed E-state index contributed by atoms with van der Waals surface area (Å²) in [5.41, 5.74) is 3.69. The third kappa shape index (κ3) is 4.76. The molecule has 1 aliphatic heterocycles. The summed E-state index contributed by atoms with van der Waals surface area (Å²) in [6, 6.07) is 14.8. The van der Waals surface area contributed by atoms with Crippen LogP contribution in [0.15, 0.2) is 59.6 Å². The molecule has 9 heteroatoms. The Labute approximate surface area is 176 Å². The zero-order valence-corrected chi connectivity index (χ0v) is 17.0. The predicted molar refractivity (Wildman–Crippen MR) is 113 cm³/mol. The number of anilines is 1. The van der Waals surface area contributed by atoms with Gasteiger partial charge in [0.05, 0.1) is 6.20 Å². The predicted octanol–water partition coefficient (Wildman–Crippen LogP) is 3.90. The molecule has 1 saturated heterocycles. The molecule has 2 N–H and O–H groups in total. The van der Waals surface area contributed by atoms with E-state index in [1.807, 2.05) is 0 Å². The zero-order chi connectivity index (χ0) is 20.2. The molecule has 3 aromatic rings. The van der Waals surface area contributed by atoms with Crippen molar-refractivity contribution < 1.29 is 14.4 Å². The van der Waals surface area contributed by atoms with Crippen LogP contribution in [0.5, 0.6) is 0 Å². The maximum absolute atomic E-state index is 13.1. The van der Waals surface area contributed by atoms with Gasteiger partial charge in [-0.3, -0.25) is 10.0 Å². The Kier molecular flexibility index (Phi) is 6.10. The van der Waals surface area contributed by atoms with Crippen LogP contribution in [-0.2, 0) is 0 Å². The molecule has 0 unspecified atom stereocenters. The second-order valence-electron chi connectivity index (χ2n) is 6.49. The fourth-order valence-corrected chi connectivity index (χ4v) is 4.80. The Morgan fingerprint density at radius 2 is 1.66 bits per heavy atom. The van der Waals surface area contributed by atoms with E-state index in [9.17, 15) is 9.18 Å². The lowest BCUT2D eigenvalue weighted by Crippen LogP contribution is -2.43. The fraction of sp³-hybridized carbons (Fsp3) is 0.200. The normalized spacial score (nSPS) is 14.8. The van der Waals surface area contributed by atoms with Gasteiger partial charge in [-0.05, 0) is 47.3 Å². The fourth-order valence-electron chi connectivity index (χ4n) is 3.04. The third-order valence-electron chi connectivity index (χ3n) is 4.59. The van der Waals surface area contributed by atoms with Gasteiger partial charge in [0.25, 0.3) is 5.91 Å². The highest BCUT2D eigenvalue weighted by Gasteiger charge is 2.21. The summed E-state index contributed by atoms with van der Waals surface area (Å²) in [7, 11) is 0. The highest BCUT2D eigenvalue weighted by Crippen LogP contribution is 2.29. The number of nitrogens with one attached hydrogen (secondary N) is 1. The number of benzene rings is 2. The average molecular weight is 431 g/mol. The Morgan fingerprint density at radius 1 is 1.03 bits per heavy atom. The minimum atomic E-state index is -0.535. The first-order chi connectivity index (χ1) is 14.1. The number of piperazine rings is 1. The van der Waals surface area contributed by atoms with Crippen LogP contribution < -0.4 is 10.4 Å². The van der Waals surface area contributed by atoms with Crippen molar-refractivity contribution in [1.29, 1.82) is 0 Å². The standard InChI is InChI=1S/C20H19FN4O2S2/c21-16-5-1-14(2-6-16)15-3-7-17(8-4-15)29-25-11-9-24(10-12-25)20-22-13-18(28-20)19(26)23-27/h1-8,13,27H,9-12H2,(H,23,26). The molecule has 1 aliphatic rings. The zero-order valence-electron chi connectivity index (χ0n) is 15.4. The van der Waals surface area contributed by atoms with Crippen LogP contribution in [0.4, 0.5) is 9.52 Å². The van der Waals surface area contributed by atoms with Gasteiger partial charge >= 0.3 is 0 Å². The van der Waals surface area contributed by atoms with Crippen LogP contribution in [-0.4, -0.2) is 46.6 Å². The van der Waals surface area contributed by atoms with Gasteiger partial charge in [-0.15, -0.1) is 0 Å². The van der Waals surface area contributed by atoms with Crippen LogP contribution in [0.1, 0.15) is 9.67 Å². The number of hydroxylamine groups is 1. The van der Waals surface area contributed by atoms with Gasteiger partial charge in [0, 0.05) is 31.1 Å². The van der Waals surface area contributed by atoms with Gasteiger partial charge in [-0.25, -0.2) is 19.2 Å². The van der Waals surface area contributed by atoms with E-state index in [0.717, 1.165) is 47.3 Å². The van der Waals surface area contributed by atoms with Crippen LogP contribution in [0, 0.1) is 5.82 Å². The molecule has 150 valence electrons.